The van der Waals surface area contributed by atoms with Gasteiger partial charge in [-0.05, 0) is 63.3 Å². The highest BCUT2D eigenvalue weighted by Crippen LogP contribution is 2.44. The highest BCUT2D eigenvalue weighted by atomic mass is 32.2. The number of aliphatic hydroxyl groups is 1. The van der Waals surface area contributed by atoms with Gasteiger partial charge in [-0.3, -0.25) is 9.62 Å². The van der Waals surface area contributed by atoms with E-state index in [1.807, 2.05) is 19.9 Å². The molecular weight excluding hydrogens is 503 g/mol. The molecule has 0 radical (unpaired) electrons. The van der Waals surface area contributed by atoms with Crippen molar-refractivity contribution in [1.82, 2.24) is 14.3 Å². The molecule has 1 aliphatic carbocycles. The maximum Gasteiger partial charge on any atom is 0.263 e. The number of rotatable bonds is 6. The number of likely N-dealkylation sites (tertiary alicyclic amines) is 1. The van der Waals surface area contributed by atoms with Crippen LogP contribution in [0.4, 0.5) is 9.52 Å². The fraction of sp³-hybridized carbons (Fsp3) is 0.480. The quantitative estimate of drug-likeness (QED) is 0.533. The summed E-state index contributed by atoms with van der Waals surface area (Å²) in [5.74, 6) is 0.350. The Bertz CT molecular complexity index is 1330. The first-order valence-corrected chi connectivity index (χ1v) is 14.2. The van der Waals surface area contributed by atoms with Crippen molar-refractivity contribution in [1.29, 1.82) is 0 Å². The number of hydrogen-bond donors (Lipinski definition) is 2. The first-order chi connectivity index (χ1) is 17.1. The highest BCUT2D eigenvalue weighted by molar-refractivity contribution is 7.93. The van der Waals surface area contributed by atoms with E-state index >= 15 is 0 Å². The average molecular weight is 533 g/mol. The van der Waals surface area contributed by atoms with Gasteiger partial charge in [-0.1, -0.05) is 6.07 Å². The number of nitrogens with one attached hydrogen (secondary N) is 1. The summed E-state index contributed by atoms with van der Waals surface area (Å²) < 4.78 is 51.6. The summed E-state index contributed by atoms with van der Waals surface area (Å²) in [6.45, 7) is 4.89. The van der Waals surface area contributed by atoms with E-state index in [4.69, 9.17) is 4.74 Å². The third-order valence-electron chi connectivity index (χ3n) is 7.24. The van der Waals surface area contributed by atoms with Crippen LogP contribution < -0.4 is 9.46 Å². The van der Waals surface area contributed by atoms with Crippen molar-refractivity contribution in [3.8, 4) is 5.75 Å². The third kappa shape index (κ3) is 5.12. The number of allylic oxidation sites excluding steroid dienone is 2. The molecule has 2 aliphatic heterocycles. The first-order valence-electron chi connectivity index (χ1n) is 12.0. The summed E-state index contributed by atoms with van der Waals surface area (Å²) in [7, 11) is -3.84. The average Bonchev–Trinajstić information content (AvgIpc) is 3.35. The Balaban J connectivity index is 1.45. The smallest absolute Gasteiger partial charge is 0.263 e. The van der Waals surface area contributed by atoms with Crippen LogP contribution in [0.2, 0.25) is 0 Å². The van der Waals surface area contributed by atoms with Crippen LogP contribution in [0.5, 0.6) is 5.75 Å². The van der Waals surface area contributed by atoms with E-state index in [2.05, 4.69) is 24.7 Å². The lowest BCUT2D eigenvalue weighted by molar-refractivity contribution is -0.0365. The maximum atomic E-state index is 13.7. The van der Waals surface area contributed by atoms with Crippen LogP contribution >= 0.6 is 11.5 Å². The van der Waals surface area contributed by atoms with Gasteiger partial charge in [-0.2, -0.15) is 4.37 Å². The molecule has 11 heteroatoms. The number of fused-ring (bicyclic) bond motifs is 1. The second kappa shape index (κ2) is 9.72. The Kier molecular flexibility index (Phi) is 6.78. The summed E-state index contributed by atoms with van der Waals surface area (Å²) in [5.41, 5.74) is 4.25. The molecule has 2 aromatic rings. The van der Waals surface area contributed by atoms with Crippen LogP contribution in [0, 0.1) is 5.92 Å². The Morgan fingerprint density at radius 3 is 2.83 bits per heavy atom. The summed E-state index contributed by atoms with van der Waals surface area (Å²) in [5, 5.41) is 10.9. The zero-order chi connectivity index (χ0) is 25.5. The Hall–Kier alpha value is -2.56. The summed E-state index contributed by atoms with van der Waals surface area (Å²) >= 11 is 0.963. The van der Waals surface area contributed by atoms with Gasteiger partial charge in [0.2, 0.25) is 5.13 Å². The van der Waals surface area contributed by atoms with Gasteiger partial charge in [0.1, 0.15) is 17.9 Å². The van der Waals surface area contributed by atoms with Gasteiger partial charge in [-0.15, -0.1) is 5.73 Å². The van der Waals surface area contributed by atoms with Crippen LogP contribution in [0.25, 0.3) is 0 Å². The van der Waals surface area contributed by atoms with Crippen LogP contribution in [-0.4, -0.2) is 52.6 Å². The van der Waals surface area contributed by atoms with Crippen molar-refractivity contribution in [3.63, 3.8) is 0 Å². The SMILES string of the molecule is CC(C)(O)[C@H]1CCN([C@H]2CCOc3cc(S(=O)(=O)Nc4ncns4)ccc32)[C@@H](C2=C=CC(F)=CC2)C1. The van der Waals surface area contributed by atoms with Crippen LogP contribution in [-0.2, 0) is 10.0 Å². The lowest BCUT2D eigenvalue weighted by Gasteiger charge is -2.48. The largest absolute Gasteiger partial charge is 0.493 e. The molecule has 8 nitrogen and oxygen atoms in total. The monoisotopic (exact) mass is 532 g/mol. The molecule has 0 bridgehead atoms. The van der Waals surface area contributed by atoms with Crippen LogP contribution in [0.1, 0.15) is 51.1 Å². The molecule has 2 N–H and O–H groups in total. The molecule has 1 fully saturated rings. The molecular formula is C25H29FN4O4S2. The van der Waals surface area contributed by atoms with Crippen molar-refractivity contribution < 1.29 is 22.7 Å². The van der Waals surface area contributed by atoms with Crippen molar-refractivity contribution >= 4 is 26.7 Å². The van der Waals surface area contributed by atoms with Gasteiger partial charge in [0.05, 0.1) is 17.1 Å². The molecule has 192 valence electrons. The molecule has 1 aromatic carbocycles. The number of anilines is 1. The number of aromatic nitrogens is 2. The van der Waals surface area contributed by atoms with Crippen LogP contribution in [0.3, 0.4) is 0 Å². The van der Waals surface area contributed by atoms with Crippen molar-refractivity contribution in [2.75, 3.05) is 17.9 Å². The van der Waals surface area contributed by atoms with E-state index in [-0.39, 0.29) is 33.9 Å². The molecule has 36 heavy (non-hydrogen) atoms. The van der Waals surface area contributed by atoms with E-state index in [1.54, 1.807) is 18.2 Å². The number of hydrogen-bond acceptors (Lipinski definition) is 8. The number of piperidine rings is 1. The molecule has 1 saturated heterocycles. The molecule has 3 aliphatic rings. The highest BCUT2D eigenvalue weighted by Gasteiger charge is 2.41. The molecule has 0 spiro atoms. The molecule has 3 heterocycles. The normalized spacial score (nSPS) is 24.9. The molecule has 1 aromatic heterocycles. The predicted octanol–water partition coefficient (Wildman–Crippen LogP) is 4.35. The van der Waals surface area contributed by atoms with Gasteiger partial charge in [0.15, 0.2) is 0 Å². The third-order valence-corrected chi connectivity index (χ3v) is 9.29. The Morgan fingerprint density at radius 1 is 1.31 bits per heavy atom. The van der Waals surface area contributed by atoms with Crippen molar-refractivity contribution in [2.24, 2.45) is 5.92 Å². The minimum atomic E-state index is -3.84. The molecule has 5 rings (SSSR count). The summed E-state index contributed by atoms with van der Waals surface area (Å²) in [4.78, 5) is 6.38. The fourth-order valence-electron chi connectivity index (χ4n) is 5.31. The first kappa shape index (κ1) is 25.1. The predicted molar refractivity (Wildman–Crippen MR) is 135 cm³/mol. The molecule has 3 atom stereocenters. The summed E-state index contributed by atoms with van der Waals surface area (Å²) in [6.07, 6.45) is 7.02. The van der Waals surface area contributed by atoms with Crippen LogP contribution in [0.15, 0.2) is 58.7 Å². The second-order valence-corrected chi connectivity index (χ2v) is 12.4. The van der Waals surface area contributed by atoms with E-state index in [0.29, 0.717) is 18.8 Å². The Morgan fingerprint density at radius 2 is 2.14 bits per heavy atom. The van der Waals surface area contributed by atoms with E-state index in [9.17, 15) is 17.9 Å². The number of sulfonamides is 1. The van der Waals surface area contributed by atoms with Gasteiger partial charge in [0, 0.05) is 47.7 Å². The zero-order valence-electron chi connectivity index (χ0n) is 20.1. The van der Waals surface area contributed by atoms with E-state index in [1.165, 1.54) is 12.4 Å². The van der Waals surface area contributed by atoms with Gasteiger partial charge in [0.25, 0.3) is 10.0 Å². The lowest BCUT2D eigenvalue weighted by atomic mass is 9.76. The van der Waals surface area contributed by atoms with Gasteiger partial charge in [-0.25, -0.2) is 17.8 Å². The number of nitrogens with zero attached hydrogens (tertiary/aromatic N) is 3. The minimum absolute atomic E-state index is 0.000524. The lowest BCUT2D eigenvalue weighted by Crippen LogP contribution is -2.50. The van der Waals surface area contributed by atoms with E-state index < -0.39 is 15.6 Å². The molecule has 0 saturated carbocycles. The maximum absolute atomic E-state index is 13.7. The molecule has 0 unspecified atom stereocenters. The molecule has 0 amide bonds. The fourth-order valence-corrected chi connectivity index (χ4v) is 6.99. The van der Waals surface area contributed by atoms with Crippen molar-refractivity contribution in [2.45, 2.75) is 62.1 Å². The van der Waals surface area contributed by atoms with E-state index in [0.717, 1.165) is 48.5 Å². The Labute approximate surface area is 214 Å². The zero-order valence-corrected chi connectivity index (χ0v) is 21.8. The summed E-state index contributed by atoms with van der Waals surface area (Å²) in [6, 6.07) is 4.94. The second-order valence-electron chi connectivity index (χ2n) is 9.94. The minimum Gasteiger partial charge on any atom is -0.493 e. The standard InChI is InChI=1S/C25H29FN4O4S2/c1-25(2,31)17-9-11-30(22(13-17)16-3-5-18(26)6-4-16)21-10-12-34-23-14-19(7-8-20(21)23)36(32,33)29-24-27-15-28-35-24/h5-8,14-15,17,21-22,31H,3,9-13H2,1-2H3,(H,27,28,29)/t17-,21-,22+/m0/s1. The topological polar surface area (TPSA) is 105 Å². The number of ether oxygens (including phenoxy) is 1. The number of benzene rings is 1. The van der Waals surface area contributed by atoms with Gasteiger partial charge >= 0.3 is 0 Å². The number of halogens is 1. The van der Waals surface area contributed by atoms with Crippen molar-refractivity contribution in [3.05, 3.63) is 59.4 Å². The van der Waals surface area contributed by atoms with Gasteiger partial charge < -0.3 is 9.84 Å².